The Morgan fingerprint density at radius 1 is 1.25 bits per heavy atom. The van der Waals surface area contributed by atoms with Gasteiger partial charge >= 0.3 is 5.15 Å². The number of alkyl halides is 3. The summed E-state index contributed by atoms with van der Waals surface area (Å²) in [6.45, 7) is 0. The highest BCUT2D eigenvalue weighted by molar-refractivity contribution is 6.66. The largest absolute Gasteiger partial charge is 0.322 e. The SMILES string of the molecule is F[n+]1c(Cl)cccc1C(Cl)(Cl)Cl. The van der Waals surface area contributed by atoms with Crippen molar-refractivity contribution >= 4 is 46.4 Å². The molecule has 0 radical (unpaired) electrons. The average Bonchev–Trinajstić information content (AvgIpc) is 1.92. The smallest absolute Gasteiger partial charge is 0.0719 e. The van der Waals surface area contributed by atoms with Crippen LogP contribution in [0.25, 0.3) is 0 Å². The van der Waals surface area contributed by atoms with Gasteiger partial charge in [0.05, 0.1) is 4.48 Å². The summed E-state index contributed by atoms with van der Waals surface area (Å²) < 4.78 is 11.2. The summed E-state index contributed by atoms with van der Waals surface area (Å²) in [4.78, 5) is 0.120. The lowest BCUT2D eigenvalue weighted by molar-refractivity contribution is -0.847. The van der Waals surface area contributed by atoms with E-state index in [-0.39, 0.29) is 15.6 Å². The van der Waals surface area contributed by atoms with Crippen molar-refractivity contribution in [1.82, 2.24) is 0 Å². The standard InChI is InChI=1S/C6H3Cl4FN/c7-5-3-1-2-4(12(5)11)6(8,9)10/h1-3H/q+1. The van der Waals surface area contributed by atoms with E-state index in [4.69, 9.17) is 46.4 Å². The average molecular weight is 250 g/mol. The van der Waals surface area contributed by atoms with Gasteiger partial charge in [0, 0.05) is 16.9 Å². The number of hydrogen-bond acceptors (Lipinski definition) is 0. The molecule has 0 amide bonds. The molecule has 1 heterocycles. The summed E-state index contributed by atoms with van der Waals surface area (Å²) >= 11 is 21.8. The van der Waals surface area contributed by atoms with E-state index in [0.717, 1.165) is 0 Å². The molecule has 0 aliphatic rings. The Morgan fingerprint density at radius 3 is 2.25 bits per heavy atom. The van der Waals surface area contributed by atoms with E-state index in [9.17, 15) is 4.48 Å². The number of pyridine rings is 1. The molecule has 0 aromatic carbocycles. The maximum atomic E-state index is 13.0. The van der Waals surface area contributed by atoms with E-state index in [1.807, 2.05) is 0 Å². The molecule has 0 N–H and O–H groups in total. The summed E-state index contributed by atoms with van der Waals surface area (Å²) in [5.74, 6) is 0. The Hall–Kier alpha value is 0.240. The molecule has 1 rings (SSSR count). The third-order valence-electron chi connectivity index (χ3n) is 1.18. The maximum absolute atomic E-state index is 13.0. The lowest BCUT2D eigenvalue weighted by Gasteiger charge is -2.03. The Morgan fingerprint density at radius 2 is 1.83 bits per heavy atom. The minimum atomic E-state index is -1.81. The van der Waals surface area contributed by atoms with Crippen LogP contribution in [-0.4, -0.2) is 0 Å². The van der Waals surface area contributed by atoms with E-state index < -0.39 is 3.79 Å². The van der Waals surface area contributed by atoms with E-state index in [1.165, 1.54) is 18.2 Å². The molecule has 0 saturated carbocycles. The summed E-state index contributed by atoms with van der Waals surface area (Å²) in [6.07, 6.45) is 0. The van der Waals surface area contributed by atoms with E-state index in [2.05, 4.69) is 0 Å². The van der Waals surface area contributed by atoms with Gasteiger partial charge in [0.1, 0.15) is 0 Å². The van der Waals surface area contributed by atoms with Crippen LogP contribution in [0.4, 0.5) is 4.48 Å². The molecular weight excluding hydrogens is 247 g/mol. The summed E-state index contributed by atoms with van der Waals surface area (Å²) in [5, 5.41) is -0.140. The van der Waals surface area contributed by atoms with Gasteiger partial charge in [-0.25, -0.2) is 0 Å². The van der Waals surface area contributed by atoms with Gasteiger partial charge in [0.2, 0.25) is 0 Å². The highest BCUT2D eigenvalue weighted by atomic mass is 35.6. The molecule has 0 spiro atoms. The van der Waals surface area contributed by atoms with Gasteiger partial charge < -0.3 is 0 Å². The van der Waals surface area contributed by atoms with Crippen LogP contribution in [0.2, 0.25) is 5.15 Å². The van der Waals surface area contributed by atoms with Crippen LogP contribution in [0, 0.1) is 0 Å². The molecule has 1 nitrogen and oxygen atoms in total. The van der Waals surface area contributed by atoms with Crippen LogP contribution in [0.5, 0.6) is 0 Å². The van der Waals surface area contributed by atoms with Crippen molar-refractivity contribution < 1.29 is 9.27 Å². The molecule has 0 saturated heterocycles. The molecule has 1 aromatic heterocycles. The molecular formula is C6H3Cl4FN+. The minimum Gasteiger partial charge on any atom is -0.0719 e. The van der Waals surface area contributed by atoms with Gasteiger partial charge in [0.15, 0.2) is 0 Å². The van der Waals surface area contributed by atoms with E-state index >= 15 is 0 Å². The van der Waals surface area contributed by atoms with E-state index in [1.54, 1.807) is 0 Å². The number of rotatable bonds is 0. The van der Waals surface area contributed by atoms with Crippen molar-refractivity contribution in [3.05, 3.63) is 29.0 Å². The van der Waals surface area contributed by atoms with Crippen LogP contribution in [-0.2, 0) is 3.79 Å². The zero-order valence-corrected chi connectivity index (χ0v) is 8.59. The molecule has 0 fully saturated rings. The fraction of sp³-hybridized carbons (Fsp3) is 0.167. The molecule has 0 aliphatic carbocycles. The normalized spacial score (nSPS) is 11.8. The van der Waals surface area contributed by atoms with Gasteiger partial charge in [-0.2, -0.15) is 0 Å². The van der Waals surface area contributed by atoms with Gasteiger partial charge in [-0.15, -0.1) is 0 Å². The zero-order valence-electron chi connectivity index (χ0n) is 5.57. The Kier molecular flexibility index (Phi) is 3.05. The first-order chi connectivity index (χ1) is 5.43. The van der Waals surface area contributed by atoms with Crippen LogP contribution < -0.4 is 4.79 Å². The van der Waals surface area contributed by atoms with Crippen LogP contribution >= 0.6 is 46.4 Å². The topological polar surface area (TPSA) is 3.88 Å². The molecule has 0 unspecified atom stereocenters. The molecule has 1 aromatic rings. The number of hydrogen-bond donors (Lipinski definition) is 0. The number of halogens is 5. The van der Waals surface area contributed by atoms with Crippen LogP contribution in [0.15, 0.2) is 18.2 Å². The van der Waals surface area contributed by atoms with E-state index in [0.29, 0.717) is 0 Å². The lowest BCUT2D eigenvalue weighted by atomic mass is 10.4. The first kappa shape index (κ1) is 10.3. The summed E-state index contributed by atoms with van der Waals surface area (Å²) in [5.41, 5.74) is -0.125. The maximum Gasteiger partial charge on any atom is 0.322 e. The first-order valence-electron chi connectivity index (χ1n) is 2.87. The zero-order chi connectivity index (χ0) is 9.35. The monoisotopic (exact) mass is 248 g/mol. The second-order valence-electron chi connectivity index (χ2n) is 2.01. The molecule has 6 heteroatoms. The molecule has 12 heavy (non-hydrogen) atoms. The highest BCUT2D eigenvalue weighted by Crippen LogP contribution is 2.36. The number of aromatic nitrogens is 1. The van der Waals surface area contributed by atoms with Crippen molar-refractivity contribution in [3.8, 4) is 0 Å². The van der Waals surface area contributed by atoms with Crippen molar-refractivity contribution in [3.63, 3.8) is 0 Å². The Bertz CT molecular complexity index is 296. The van der Waals surface area contributed by atoms with Crippen molar-refractivity contribution in [1.29, 1.82) is 0 Å². The fourth-order valence-corrected chi connectivity index (χ4v) is 1.25. The molecule has 66 valence electrons. The lowest BCUT2D eigenvalue weighted by Crippen LogP contribution is -2.33. The Balaban J connectivity index is 3.26. The first-order valence-corrected chi connectivity index (χ1v) is 4.38. The fourth-order valence-electron chi connectivity index (χ4n) is 0.670. The van der Waals surface area contributed by atoms with Gasteiger partial charge in [-0.1, -0.05) is 34.8 Å². The van der Waals surface area contributed by atoms with Gasteiger partial charge in [0.25, 0.3) is 9.49 Å². The van der Waals surface area contributed by atoms with Crippen molar-refractivity contribution in [2.24, 2.45) is 0 Å². The second-order valence-corrected chi connectivity index (χ2v) is 4.68. The quantitative estimate of drug-likeness (QED) is 0.491. The third kappa shape index (κ3) is 2.13. The third-order valence-corrected chi connectivity index (χ3v) is 2.03. The van der Waals surface area contributed by atoms with Gasteiger partial charge in [-0.05, 0) is 17.7 Å². The van der Waals surface area contributed by atoms with Crippen LogP contribution in [0.1, 0.15) is 5.69 Å². The number of nitrogens with zero attached hydrogens (tertiary/aromatic N) is 1. The van der Waals surface area contributed by atoms with Crippen molar-refractivity contribution in [2.75, 3.05) is 0 Å². The summed E-state index contributed by atoms with van der Waals surface area (Å²) in [6, 6.07) is 4.18. The molecule has 0 bridgehead atoms. The predicted octanol–water partition coefficient (Wildman–Crippen LogP) is 3.19. The van der Waals surface area contributed by atoms with Crippen LogP contribution in [0.3, 0.4) is 0 Å². The van der Waals surface area contributed by atoms with Crippen molar-refractivity contribution in [2.45, 2.75) is 3.79 Å². The highest BCUT2D eigenvalue weighted by Gasteiger charge is 2.36. The predicted molar refractivity (Wildman–Crippen MR) is 47.4 cm³/mol. The Labute approximate surface area is 88.5 Å². The molecule has 0 aliphatic heterocycles. The molecule has 0 atom stereocenters. The minimum absolute atomic E-state index is 0.120. The van der Waals surface area contributed by atoms with Gasteiger partial charge in [-0.3, -0.25) is 0 Å². The summed E-state index contributed by atoms with van der Waals surface area (Å²) in [7, 11) is 0. The second kappa shape index (κ2) is 3.54.